The van der Waals surface area contributed by atoms with Crippen LogP contribution in [0.25, 0.3) is 0 Å². The molecule has 25 heavy (non-hydrogen) atoms. The molecular weight excluding hydrogens is 351 g/mol. The fourth-order valence-electron chi connectivity index (χ4n) is 3.57. The van der Waals surface area contributed by atoms with Gasteiger partial charge in [0.2, 0.25) is 0 Å². The Morgan fingerprint density at radius 3 is 1.40 bits per heavy atom. The Kier molecular flexibility index (Phi) is 10.5. The molecule has 0 saturated heterocycles. The van der Waals surface area contributed by atoms with Gasteiger partial charge in [0.05, 0.1) is 23.4 Å². The largest absolute Gasteiger partial charge is 0.744 e. The summed E-state index contributed by atoms with van der Waals surface area (Å²) >= 11 is 0. The molecule has 0 N–H and O–H groups in total. The first-order valence-electron chi connectivity index (χ1n) is 9.11. The second-order valence-corrected chi connectivity index (χ2v) is 14.3. The van der Waals surface area contributed by atoms with Crippen molar-refractivity contribution in [1.82, 2.24) is 0 Å². The van der Waals surface area contributed by atoms with E-state index < -0.39 is 17.4 Å². The van der Waals surface area contributed by atoms with E-state index in [2.05, 4.69) is 48.2 Å². The molecule has 0 fully saturated rings. The average Bonchev–Trinajstić information content (AvgIpc) is 2.34. The Morgan fingerprint density at radius 2 is 1.16 bits per heavy atom. The third-order valence-electron chi connectivity index (χ3n) is 3.73. The predicted molar refractivity (Wildman–Crippen MR) is 111 cm³/mol. The summed E-state index contributed by atoms with van der Waals surface area (Å²) in [5, 5.41) is 0. The summed E-state index contributed by atoms with van der Waals surface area (Å²) in [6.07, 6.45) is 4.47. The van der Waals surface area contributed by atoms with E-state index in [4.69, 9.17) is 0 Å². The fraction of sp³-hybridized carbons (Fsp3) is 0.700. The van der Waals surface area contributed by atoms with Crippen molar-refractivity contribution in [2.45, 2.75) is 53.4 Å². The van der Waals surface area contributed by atoms with Crippen molar-refractivity contribution in [2.75, 3.05) is 25.2 Å². The molecule has 1 aromatic rings. The Hall–Kier alpha value is -0.440. The quantitative estimate of drug-likeness (QED) is 0.458. The Bertz CT molecular complexity index is 563. The Morgan fingerprint density at radius 1 is 0.840 bits per heavy atom. The zero-order valence-corrected chi connectivity index (χ0v) is 19.0. The van der Waals surface area contributed by atoms with Gasteiger partial charge in [-0.1, -0.05) is 59.2 Å². The minimum atomic E-state index is -4.27. The highest BCUT2D eigenvalue weighted by Gasteiger charge is 2.33. The highest BCUT2D eigenvalue weighted by Crippen LogP contribution is 2.58. The van der Waals surface area contributed by atoms with Crippen molar-refractivity contribution in [2.24, 2.45) is 17.8 Å². The van der Waals surface area contributed by atoms with E-state index in [1.54, 1.807) is 12.1 Å². The minimum Gasteiger partial charge on any atom is -0.744 e. The van der Waals surface area contributed by atoms with Crippen molar-refractivity contribution in [3.63, 3.8) is 0 Å². The van der Waals surface area contributed by atoms with Gasteiger partial charge < -0.3 is 4.55 Å². The smallest absolute Gasteiger partial charge is 0.124 e. The summed E-state index contributed by atoms with van der Waals surface area (Å²) < 4.78 is 31.2. The van der Waals surface area contributed by atoms with Crippen LogP contribution in [0.2, 0.25) is 0 Å². The number of hydrogen-bond donors (Lipinski definition) is 0. The first kappa shape index (κ1) is 24.6. The second-order valence-electron chi connectivity index (χ2n) is 8.62. The van der Waals surface area contributed by atoms with Crippen molar-refractivity contribution in [1.29, 1.82) is 0 Å². The first-order valence-corrected chi connectivity index (χ1v) is 13.3. The van der Waals surface area contributed by atoms with Crippen LogP contribution < -0.4 is 0 Å². The normalized spacial score (nSPS) is 12.5. The van der Waals surface area contributed by atoms with E-state index in [0.29, 0.717) is 0 Å². The van der Waals surface area contributed by atoms with Crippen LogP contribution in [0.5, 0.6) is 0 Å². The molecule has 0 aliphatic heterocycles. The van der Waals surface area contributed by atoms with E-state index in [-0.39, 0.29) is 4.90 Å². The maximum atomic E-state index is 10.4. The van der Waals surface area contributed by atoms with Crippen LogP contribution in [0.4, 0.5) is 0 Å². The number of aryl methyl sites for hydroxylation is 1. The summed E-state index contributed by atoms with van der Waals surface area (Å²) in [6.45, 7) is 18.7. The molecule has 3 nitrogen and oxygen atoms in total. The summed E-state index contributed by atoms with van der Waals surface area (Å²) in [5.41, 5.74) is 0.928. The topological polar surface area (TPSA) is 57.2 Å². The van der Waals surface area contributed by atoms with E-state index in [1.807, 2.05) is 6.92 Å². The van der Waals surface area contributed by atoms with Crippen LogP contribution in [0.15, 0.2) is 29.2 Å². The average molecular weight is 389 g/mol. The highest BCUT2D eigenvalue weighted by molar-refractivity contribution is 7.85. The van der Waals surface area contributed by atoms with Crippen LogP contribution >= 0.6 is 7.26 Å². The van der Waals surface area contributed by atoms with Crippen LogP contribution in [0.3, 0.4) is 0 Å². The van der Waals surface area contributed by atoms with Crippen LogP contribution in [0.1, 0.15) is 47.1 Å². The molecule has 0 spiro atoms. The van der Waals surface area contributed by atoms with Gasteiger partial charge in [0.25, 0.3) is 0 Å². The summed E-state index contributed by atoms with van der Waals surface area (Å²) in [4.78, 5) is -0.178. The maximum Gasteiger partial charge on any atom is 0.124 e. The van der Waals surface area contributed by atoms with Gasteiger partial charge in [-0.2, -0.15) is 0 Å². The standard InChI is InChI=1S/C13H30P.C7H8O3S/c1-11(2)8-14(7,9-12(3)4)10-13(5)6;1-6-2-4-7(5-3-6)11(8,9)10/h11-13H,8-10H2,1-7H3;2-5H,1H3,(H,8,9,10)/q+1;/p-1. The third-order valence-corrected chi connectivity index (χ3v) is 9.41. The van der Waals surface area contributed by atoms with Crippen LogP contribution in [-0.2, 0) is 10.1 Å². The number of benzene rings is 1. The van der Waals surface area contributed by atoms with Gasteiger partial charge in [-0.05, 0) is 36.8 Å². The maximum absolute atomic E-state index is 10.4. The van der Waals surface area contributed by atoms with Gasteiger partial charge in [0, 0.05) is 13.9 Å². The SMILES string of the molecule is CC(C)C[P+](C)(CC(C)C)CC(C)C.Cc1ccc(S(=O)(=O)[O-])cc1. The molecule has 0 radical (unpaired) electrons. The Balaban J connectivity index is 0.000000472. The third kappa shape index (κ3) is 11.7. The number of rotatable bonds is 7. The van der Waals surface area contributed by atoms with Crippen molar-refractivity contribution in [3.05, 3.63) is 29.8 Å². The van der Waals surface area contributed by atoms with Crippen molar-refractivity contribution in [3.8, 4) is 0 Å². The molecule has 0 bridgehead atoms. The number of hydrogen-bond acceptors (Lipinski definition) is 3. The molecule has 0 aliphatic carbocycles. The minimum absolute atomic E-state index is 0.178. The molecule has 0 aromatic heterocycles. The summed E-state index contributed by atoms with van der Waals surface area (Å²) in [5.74, 6) is 2.64. The molecule has 5 heteroatoms. The van der Waals surface area contributed by atoms with Gasteiger partial charge in [-0.3, -0.25) is 0 Å². The van der Waals surface area contributed by atoms with Gasteiger partial charge >= 0.3 is 0 Å². The molecule has 0 atom stereocenters. The summed E-state index contributed by atoms with van der Waals surface area (Å²) in [6, 6.07) is 5.78. The monoisotopic (exact) mass is 388 g/mol. The van der Waals surface area contributed by atoms with Crippen LogP contribution in [-0.4, -0.2) is 38.1 Å². The van der Waals surface area contributed by atoms with E-state index in [1.165, 1.54) is 30.6 Å². The first-order chi connectivity index (χ1) is 11.2. The van der Waals surface area contributed by atoms with E-state index >= 15 is 0 Å². The van der Waals surface area contributed by atoms with E-state index in [0.717, 1.165) is 23.3 Å². The van der Waals surface area contributed by atoms with Gasteiger partial charge in [-0.15, -0.1) is 0 Å². The molecule has 146 valence electrons. The van der Waals surface area contributed by atoms with Crippen LogP contribution in [0, 0.1) is 24.7 Å². The molecule has 0 heterocycles. The zero-order chi connectivity index (χ0) is 19.8. The molecule has 0 saturated carbocycles. The lowest BCUT2D eigenvalue weighted by Gasteiger charge is -2.28. The predicted octanol–water partition coefficient (Wildman–Crippen LogP) is 5.50. The highest BCUT2D eigenvalue weighted by atomic mass is 32.2. The molecule has 0 aliphatic rings. The van der Waals surface area contributed by atoms with Crippen molar-refractivity contribution >= 4 is 17.4 Å². The zero-order valence-electron chi connectivity index (χ0n) is 17.2. The van der Waals surface area contributed by atoms with Gasteiger partial charge in [0.15, 0.2) is 0 Å². The van der Waals surface area contributed by atoms with Crippen molar-refractivity contribution < 1.29 is 13.0 Å². The summed E-state index contributed by atoms with van der Waals surface area (Å²) in [7, 11) is -4.91. The molecule has 0 amide bonds. The van der Waals surface area contributed by atoms with Gasteiger partial charge in [0.1, 0.15) is 10.1 Å². The molecule has 1 rings (SSSR count). The molecule has 1 aromatic carbocycles. The fourth-order valence-corrected chi connectivity index (χ4v) is 9.78. The molecule has 0 unspecified atom stereocenters. The lowest BCUT2D eigenvalue weighted by molar-refractivity contribution is 0.463. The van der Waals surface area contributed by atoms with E-state index in [9.17, 15) is 13.0 Å². The lowest BCUT2D eigenvalue weighted by Crippen LogP contribution is -2.16. The second kappa shape index (κ2) is 10.6. The molecular formula is C20H37O3PS. The lowest BCUT2D eigenvalue weighted by atomic mass is 10.2. The Labute approximate surface area is 156 Å². The van der Waals surface area contributed by atoms with Gasteiger partial charge in [-0.25, -0.2) is 8.42 Å².